The van der Waals surface area contributed by atoms with Crippen LogP contribution in [0.2, 0.25) is 0 Å². The van der Waals surface area contributed by atoms with Crippen molar-refractivity contribution < 1.29 is 9.53 Å². The van der Waals surface area contributed by atoms with E-state index in [0.717, 1.165) is 5.56 Å². The van der Waals surface area contributed by atoms with Crippen LogP contribution in [-0.4, -0.2) is 13.1 Å². The maximum Gasteiger partial charge on any atom is 0.333 e. The quantitative estimate of drug-likeness (QED) is 0.191. The van der Waals surface area contributed by atoms with Crippen LogP contribution in [0.3, 0.4) is 0 Å². The fourth-order valence-electron chi connectivity index (χ4n) is 4.39. The number of benzene rings is 4. The largest absolute Gasteiger partial charge is 0.466 e. The topological polar surface area (TPSA) is 26.3 Å². The molecular formula is C29H32O2. The summed E-state index contributed by atoms with van der Waals surface area (Å²) in [5.74, 6) is -0.295. The van der Waals surface area contributed by atoms with Gasteiger partial charge in [0.2, 0.25) is 0 Å². The third kappa shape index (κ3) is 3.69. The van der Waals surface area contributed by atoms with E-state index in [1.165, 1.54) is 50.6 Å². The Morgan fingerprint density at radius 3 is 1.84 bits per heavy atom. The van der Waals surface area contributed by atoms with Crippen molar-refractivity contribution in [3.8, 4) is 0 Å². The number of rotatable bonds is 2. The lowest BCUT2D eigenvalue weighted by atomic mass is 9.80. The summed E-state index contributed by atoms with van der Waals surface area (Å²) >= 11 is 0. The van der Waals surface area contributed by atoms with Gasteiger partial charge in [-0.3, -0.25) is 0 Å². The molecule has 0 atom stereocenters. The summed E-state index contributed by atoms with van der Waals surface area (Å²) in [6.07, 6.45) is 1.97. The normalized spacial score (nSPS) is 13.5. The highest BCUT2D eigenvalue weighted by molar-refractivity contribution is 6.25. The average Bonchev–Trinajstić information content (AvgIpc) is 2.69. The fourth-order valence-corrected chi connectivity index (χ4v) is 4.39. The van der Waals surface area contributed by atoms with E-state index in [4.69, 9.17) is 4.74 Å². The molecule has 4 rings (SSSR count). The Balaban J connectivity index is 2.19. The van der Waals surface area contributed by atoms with Gasteiger partial charge < -0.3 is 4.74 Å². The van der Waals surface area contributed by atoms with Crippen LogP contribution >= 0.6 is 0 Å². The second-order valence-corrected chi connectivity index (χ2v) is 10.8. The Hall–Kier alpha value is -2.87. The Morgan fingerprint density at radius 1 is 0.774 bits per heavy atom. The Labute approximate surface area is 185 Å². The first-order chi connectivity index (χ1) is 14.4. The highest BCUT2D eigenvalue weighted by Crippen LogP contribution is 2.41. The number of esters is 1. The zero-order valence-corrected chi connectivity index (χ0v) is 19.9. The molecule has 0 saturated carbocycles. The van der Waals surface area contributed by atoms with Crippen molar-refractivity contribution in [1.82, 2.24) is 0 Å². The van der Waals surface area contributed by atoms with Crippen LogP contribution in [-0.2, 0) is 20.4 Å². The van der Waals surface area contributed by atoms with Crippen LogP contribution in [0, 0.1) is 0 Å². The predicted molar refractivity (Wildman–Crippen MR) is 133 cm³/mol. The van der Waals surface area contributed by atoms with Crippen LogP contribution in [0.25, 0.3) is 38.4 Å². The summed E-state index contributed by atoms with van der Waals surface area (Å²) in [5, 5.41) is 7.49. The van der Waals surface area contributed by atoms with Gasteiger partial charge >= 0.3 is 5.97 Å². The number of hydrogen-bond acceptors (Lipinski definition) is 2. The number of hydrogen-bond donors (Lipinski definition) is 0. The van der Waals surface area contributed by atoms with Gasteiger partial charge in [-0.25, -0.2) is 4.79 Å². The summed E-state index contributed by atoms with van der Waals surface area (Å²) in [4.78, 5) is 12.2. The molecule has 0 heterocycles. The van der Waals surface area contributed by atoms with E-state index in [1.54, 1.807) is 0 Å². The van der Waals surface area contributed by atoms with Crippen molar-refractivity contribution in [2.24, 2.45) is 0 Å². The minimum atomic E-state index is -0.295. The van der Waals surface area contributed by atoms with Gasteiger partial charge in [-0.2, -0.15) is 0 Å². The monoisotopic (exact) mass is 412 g/mol. The number of ether oxygens (including phenoxy) is 1. The summed E-state index contributed by atoms with van der Waals surface area (Å²) < 4.78 is 4.96. The number of carbonyl (C=O) groups is 1. The van der Waals surface area contributed by atoms with Gasteiger partial charge in [-0.1, -0.05) is 71.9 Å². The molecule has 0 aliphatic rings. The zero-order valence-electron chi connectivity index (χ0n) is 19.9. The predicted octanol–water partition coefficient (Wildman–Crippen LogP) is 7.76. The van der Waals surface area contributed by atoms with Crippen LogP contribution in [0.5, 0.6) is 0 Å². The molecule has 0 aliphatic carbocycles. The fraction of sp³-hybridized carbons (Fsp3) is 0.345. The third-order valence-electron chi connectivity index (χ3n) is 6.29. The lowest BCUT2D eigenvalue weighted by Crippen LogP contribution is -2.12. The van der Waals surface area contributed by atoms with E-state index in [9.17, 15) is 4.79 Å². The van der Waals surface area contributed by atoms with Crippen molar-refractivity contribution >= 4 is 44.4 Å². The highest BCUT2D eigenvalue weighted by Gasteiger charge is 2.21. The molecule has 0 spiro atoms. The molecule has 0 aliphatic heterocycles. The van der Waals surface area contributed by atoms with E-state index in [-0.39, 0.29) is 16.8 Å². The molecule has 4 aromatic rings. The molecule has 0 radical (unpaired) electrons. The Kier molecular flexibility index (Phi) is 4.88. The Morgan fingerprint density at radius 2 is 1.29 bits per heavy atom. The molecule has 0 fully saturated rings. The number of methoxy groups -OCH3 is 1. The van der Waals surface area contributed by atoms with E-state index < -0.39 is 0 Å². The van der Waals surface area contributed by atoms with Gasteiger partial charge in [0.1, 0.15) is 0 Å². The van der Waals surface area contributed by atoms with Crippen LogP contribution in [0.1, 0.15) is 65.2 Å². The minimum Gasteiger partial charge on any atom is -0.466 e. The smallest absolute Gasteiger partial charge is 0.333 e. The highest BCUT2D eigenvalue weighted by atomic mass is 16.5. The molecule has 31 heavy (non-hydrogen) atoms. The first-order valence-corrected chi connectivity index (χ1v) is 10.9. The van der Waals surface area contributed by atoms with E-state index in [0.29, 0.717) is 5.57 Å². The second-order valence-electron chi connectivity index (χ2n) is 10.8. The molecule has 2 nitrogen and oxygen atoms in total. The molecule has 0 aromatic heterocycles. The van der Waals surface area contributed by atoms with Crippen molar-refractivity contribution in [1.29, 1.82) is 0 Å². The molecule has 0 N–H and O–H groups in total. The molecule has 2 heteroatoms. The summed E-state index contributed by atoms with van der Waals surface area (Å²) in [6, 6.07) is 16.0. The lowest BCUT2D eigenvalue weighted by molar-refractivity contribution is -0.135. The molecule has 0 bridgehead atoms. The van der Waals surface area contributed by atoms with E-state index >= 15 is 0 Å². The van der Waals surface area contributed by atoms with Gasteiger partial charge in [0.25, 0.3) is 0 Å². The molecule has 4 aromatic carbocycles. The molecular weight excluding hydrogens is 380 g/mol. The third-order valence-corrected chi connectivity index (χ3v) is 6.29. The lowest BCUT2D eigenvalue weighted by Gasteiger charge is -2.24. The molecule has 0 saturated heterocycles. The van der Waals surface area contributed by atoms with Crippen molar-refractivity contribution in [2.45, 2.75) is 59.3 Å². The van der Waals surface area contributed by atoms with Crippen molar-refractivity contribution in [3.05, 3.63) is 64.7 Å². The molecule has 160 valence electrons. The minimum absolute atomic E-state index is 0.0300. The van der Waals surface area contributed by atoms with Gasteiger partial charge in [0, 0.05) is 5.57 Å². The van der Waals surface area contributed by atoms with E-state index in [2.05, 4.69) is 84.0 Å². The van der Waals surface area contributed by atoms with Gasteiger partial charge in [-0.15, -0.1) is 0 Å². The van der Waals surface area contributed by atoms with Crippen LogP contribution < -0.4 is 0 Å². The van der Waals surface area contributed by atoms with Gasteiger partial charge in [0.05, 0.1) is 7.11 Å². The first kappa shape index (κ1) is 21.4. The standard InChI is InChI=1S/C29H32O2/c1-17(27(30)31-8)11-20-12-21-15-22(28(2,3)4)13-18-9-10-19-14-23(29(5,6)7)16-24(20)26(19)25(18)21/h9-16H,1-8H3/b17-11-. The van der Waals surface area contributed by atoms with Gasteiger partial charge in [-0.05, 0) is 85.0 Å². The van der Waals surface area contributed by atoms with Crippen molar-refractivity contribution in [2.75, 3.05) is 7.11 Å². The maximum absolute atomic E-state index is 12.2. The van der Waals surface area contributed by atoms with Crippen molar-refractivity contribution in [3.63, 3.8) is 0 Å². The number of carbonyl (C=O) groups excluding carboxylic acids is 1. The zero-order chi connectivity index (χ0) is 22.7. The average molecular weight is 413 g/mol. The van der Waals surface area contributed by atoms with E-state index in [1.807, 2.05) is 13.0 Å². The summed E-state index contributed by atoms with van der Waals surface area (Å²) in [5.41, 5.74) is 4.35. The molecule has 0 amide bonds. The Bertz CT molecular complexity index is 1340. The molecule has 0 unspecified atom stereocenters. The second kappa shape index (κ2) is 7.09. The van der Waals surface area contributed by atoms with Crippen LogP contribution in [0.15, 0.2) is 48.0 Å². The summed E-state index contributed by atoms with van der Waals surface area (Å²) in [6.45, 7) is 15.3. The summed E-state index contributed by atoms with van der Waals surface area (Å²) in [7, 11) is 1.43. The van der Waals surface area contributed by atoms with Gasteiger partial charge in [0.15, 0.2) is 0 Å². The SMILES string of the molecule is COC(=O)/C(C)=C\c1cc2cc(C(C)(C)C)cc3ccc4cc(C(C)(C)C)cc1c4c32. The first-order valence-electron chi connectivity index (χ1n) is 10.9. The van der Waals surface area contributed by atoms with Crippen LogP contribution in [0.4, 0.5) is 0 Å². The maximum atomic E-state index is 12.2.